The van der Waals surface area contributed by atoms with Crippen molar-refractivity contribution >= 4 is 22.5 Å². The average molecular weight is 433 g/mol. The number of nitro groups is 1. The van der Waals surface area contributed by atoms with E-state index in [2.05, 4.69) is 15.2 Å². The van der Waals surface area contributed by atoms with Gasteiger partial charge in [0.2, 0.25) is 0 Å². The number of nitrogens with one attached hydrogen (secondary N) is 1. The third-order valence-electron chi connectivity index (χ3n) is 4.21. The first-order chi connectivity index (χ1) is 14.5. The van der Waals surface area contributed by atoms with Crippen LogP contribution in [-0.4, -0.2) is 32.5 Å². The summed E-state index contributed by atoms with van der Waals surface area (Å²) in [5, 5.41) is 27.7. The van der Waals surface area contributed by atoms with Gasteiger partial charge in [-0.3, -0.25) is 19.6 Å². The number of hydrogen-bond donors (Lipinski definition) is 1. The highest BCUT2D eigenvalue weighted by Crippen LogP contribution is 2.23. The van der Waals surface area contributed by atoms with Crippen LogP contribution in [0, 0.1) is 21.4 Å². The summed E-state index contributed by atoms with van der Waals surface area (Å²) in [5.74, 6) is -1.17. The quantitative estimate of drug-likeness (QED) is 0.468. The van der Waals surface area contributed by atoms with E-state index in [1.54, 1.807) is 0 Å². The fraction of sp³-hybridized carbons (Fsp3) is 0.211. The van der Waals surface area contributed by atoms with E-state index in [1.807, 2.05) is 6.07 Å². The third kappa shape index (κ3) is 5.27. The molecule has 0 saturated carbocycles. The first-order valence-corrected chi connectivity index (χ1v) is 8.69. The Hall–Kier alpha value is -4.14. The lowest BCUT2D eigenvalue weighted by atomic mass is 10.0. The fourth-order valence-electron chi connectivity index (χ4n) is 2.82. The monoisotopic (exact) mass is 433 g/mol. The number of aromatic nitrogens is 2. The van der Waals surface area contributed by atoms with Crippen LogP contribution in [0.3, 0.4) is 0 Å². The van der Waals surface area contributed by atoms with Crippen LogP contribution in [-0.2, 0) is 6.54 Å². The highest BCUT2D eigenvalue weighted by molar-refractivity contribution is 5.95. The molecular formula is C19H14F3N5O4. The summed E-state index contributed by atoms with van der Waals surface area (Å²) in [6, 6.07) is 10.3. The van der Waals surface area contributed by atoms with E-state index in [-0.39, 0.29) is 17.8 Å². The van der Waals surface area contributed by atoms with Crippen LogP contribution in [0.25, 0.3) is 10.9 Å². The second-order valence-corrected chi connectivity index (χ2v) is 6.80. The second-order valence-electron chi connectivity index (χ2n) is 6.80. The molecule has 0 aliphatic carbocycles. The summed E-state index contributed by atoms with van der Waals surface area (Å²) in [6.07, 6.45) is -3.34. The summed E-state index contributed by atoms with van der Waals surface area (Å²) in [6.45, 7) is 1.37. The molecular weight excluding hydrogens is 419 g/mol. The van der Waals surface area contributed by atoms with Gasteiger partial charge in [0.05, 0.1) is 23.1 Å². The standard InChI is InChI=1S/C19H14F3N5O4/c1-18(10-23,11-26-9-13-8-14(27(29)30)4-7-16(13)25-26)24-17(28)12-2-5-15(6-3-12)31-19(20,21)22/h2-9H,11H2,1H3,(H,24,28). The Morgan fingerprint density at radius 2 is 1.97 bits per heavy atom. The van der Waals surface area contributed by atoms with Crippen molar-refractivity contribution in [3.63, 3.8) is 0 Å². The van der Waals surface area contributed by atoms with Gasteiger partial charge in [-0.1, -0.05) is 0 Å². The van der Waals surface area contributed by atoms with Crippen LogP contribution < -0.4 is 10.1 Å². The molecule has 1 amide bonds. The maximum atomic E-state index is 12.5. The molecule has 1 N–H and O–H groups in total. The number of hydrogen-bond acceptors (Lipinski definition) is 6. The fourth-order valence-corrected chi connectivity index (χ4v) is 2.82. The molecule has 3 rings (SSSR count). The van der Waals surface area contributed by atoms with Gasteiger partial charge in [0.15, 0.2) is 0 Å². The maximum Gasteiger partial charge on any atom is 0.573 e. The van der Waals surface area contributed by atoms with Crippen molar-refractivity contribution in [2.75, 3.05) is 0 Å². The lowest BCUT2D eigenvalue weighted by Crippen LogP contribution is -2.48. The van der Waals surface area contributed by atoms with Crippen molar-refractivity contribution in [1.82, 2.24) is 15.1 Å². The number of nitriles is 1. The molecule has 3 aromatic rings. The number of amides is 1. The number of nitro benzene ring substituents is 1. The maximum absolute atomic E-state index is 12.5. The third-order valence-corrected chi connectivity index (χ3v) is 4.21. The minimum Gasteiger partial charge on any atom is -0.406 e. The molecule has 1 atom stereocenters. The Labute approximate surface area is 172 Å². The molecule has 1 heterocycles. The SMILES string of the molecule is CC(C#N)(Cn1cc2cc([N+](=O)[O-])ccc2n1)NC(=O)c1ccc(OC(F)(F)F)cc1. The molecule has 2 aromatic carbocycles. The topological polar surface area (TPSA) is 123 Å². The van der Waals surface area contributed by atoms with Crippen molar-refractivity contribution in [3.8, 4) is 11.8 Å². The zero-order valence-corrected chi connectivity index (χ0v) is 15.9. The van der Waals surface area contributed by atoms with E-state index in [1.165, 1.54) is 36.0 Å². The summed E-state index contributed by atoms with van der Waals surface area (Å²) in [7, 11) is 0. The highest BCUT2D eigenvalue weighted by atomic mass is 19.4. The number of fused-ring (bicyclic) bond motifs is 1. The van der Waals surface area contributed by atoms with E-state index >= 15 is 0 Å². The Morgan fingerprint density at radius 3 is 2.55 bits per heavy atom. The van der Waals surface area contributed by atoms with Crippen LogP contribution >= 0.6 is 0 Å². The van der Waals surface area contributed by atoms with Gasteiger partial charge < -0.3 is 10.1 Å². The van der Waals surface area contributed by atoms with Crippen molar-refractivity contribution in [2.45, 2.75) is 25.4 Å². The van der Waals surface area contributed by atoms with Crippen LogP contribution in [0.1, 0.15) is 17.3 Å². The largest absolute Gasteiger partial charge is 0.573 e. The molecule has 0 saturated heterocycles. The smallest absolute Gasteiger partial charge is 0.406 e. The molecule has 0 fully saturated rings. The summed E-state index contributed by atoms with van der Waals surface area (Å²) in [5.41, 5.74) is -1.04. The predicted molar refractivity (Wildman–Crippen MR) is 101 cm³/mol. The summed E-state index contributed by atoms with van der Waals surface area (Å²) in [4.78, 5) is 22.8. The number of rotatable bonds is 6. The van der Waals surface area contributed by atoms with Gasteiger partial charge in [0.1, 0.15) is 11.3 Å². The minimum atomic E-state index is -4.85. The average Bonchev–Trinajstić information content (AvgIpc) is 3.08. The lowest BCUT2D eigenvalue weighted by Gasteiger charge is -2.23. The minimum absolute atomic E-state index is 0.0252. The first-order valence-electron chi connectivity index (χ1n) is 8.69. The van der Waals surface area contributed by atoms with Crippen molar-refractivity contribution in [1.29, 1.82) is 5.26 Å². The van der Waals surface area contributed by atoms with Gasteiger partial charge in [-0.25, -0.2) is 0 Å². The van der Waals surface area contributed by atoms with Gasteiger partial charge in [0, 0.05) is 29.3 Å². The number of carbonyl (C=O) groups excluding carboxylic acids is 1. The number of ether oxygens (including phenoxy) is 1. The Balaban J connectivity index is 1.74. The number of halogens is 3. The highest BCUT2D eigenvalue weighted by Gasteiger charge is 2.31. The van der Waals surface area contributed by atoms with Crippen molar-refractivity contribution in [2.24, 2.45) is 0 Å². The van der Waals surface area contributed by atoms with E-state index < -0.39 is 28.5 Å². The number of alkyl halides is 3. The molecule has 0 aliphatic rings. The molecule has 9 nitrogen and oxygen atoms in total. The number of non-ortho nitro benzene ring substituents is 1. The van der Waals surface area contributed by atoms with Crippen LogP contribution in [0.2, 0.25) is 0 Å². The Morgan fingerprint density at radius 1 is 1.29 bits per heavy atom. The Kier molecular flexibility index (Phi) is 5.52. The molecule has 12 heteroatoms. The molecule has 31 heavy (non-hydrogen) atoms. The summed E-state index contributed by atoms with van der Waals surface area (Å²) < 4.78 is 41.8. The van der Waals surface area contributed by atoms with Crippen LogP contribution in [0.15, 0.2) is 48.7 Å². The predicted octanol–water partition coefficient (Wildman–Crippen LogP) is 3.56. The number of nitrogens with zero attached hydrogens (tertiary/aromatic N) is 4. The first kappa shape index (κ1) is 21.6. The van der Waals surface area contributed by atoms with Gasteiger partial charge in [-0.05, 0) is 37.3 Å². The van der Waals surface area contributed by atoms with Gasteiger partial charge in [-0.2, -0.15) is 10.4 Å². The lowest BCUT2D eigenvalue weighted by molar-refractivity contribution is -0.384. The molecule has 0 aliphatic heterocycles. The van der Waals surface area contributed by atoms with Crippen molar-refractivity contribution < 1.29 is 27.6 Å². The molecule has 0 spiro atoms. The van der Waals surface area contributed by atoms with Gasteiger partial charge in [0.25, 0.3) is 11.6 Å². The zero-order chi connectivity index (χ0) is 22.8. The Bertz CT molecular complexity index is 1180. The van der Waals surface area contributed by atoms with Gasteiger partial charge >= 0.3 is 6.36 Å². The molecule has 1 aromatic heterocycles. The van der Waals surface area contributed by atoms with Gasteiger partial charge in [-0.15, -0.1) is 13.2 Å². The van der Waals surface area contributed by atoms with Crippen molar-refractivity contribution in [3.05, 3.63) is 64.3 Å². The van der Waals surface area contributed by atoms with Crippen LogP contribution in [0.4, 0.5) is 18.9 Å². The van der Waals surface area contributed by atoms with E-state index in [0.29, 0.717) is 10.9 Å². The normalized spacial score (nSPS) is 13.3. The molecule has 0 radical (unpaired) electrons. The molecule has 0 bridgehead atoms. The van der Waals surface area contributed by atoms with Crippen LogP contribution in [0.5, 0.6) is 5.75 Å². The summed E-state index contributed by atoms with van der Waals surface area (Å²) >= 11 is 0. The zero-order valence-electron chi connectivity index (χ0n) is 15.9. The number of carbonyl (C=O) groups is 1. The number of benzene rings is 2. The second kappa shape index (κ2) is 7.94. The van der Waals surface area contributed by atoms with E-state index in [4.69, 9.17) is 0 Å². The molecule has 1 unspecified atom stereocenters. The molecule has 160 valence electrons. The van der Waals surface area contributed by atoms with E-state index in [0.717, 1.165) is 24.3 Å². The van der Waals surface area contributed by atoms with E-state index in [9.17, 15) is 33.3 Å².